The summed E-state index contributed by atoms with van der Waals surface area (Å²) in [5.74, 6) is -1.61. The van der Waals surface area contributed by atoms with Crippen molar-refractivity contribution in [2.45, 2.75) is 6.18 Å². The molecule has 0 aliphatic heterocycles. The van der Waals surface area contributed by atoms with Crippen molar-refractivity contribution in [2.75, 3.05) is 7.11 Å². The first kappa shape index (κ1) is 12.8. The van der Waals surface area contributed by atoms with Crippen molar-refractivity contribution in [3.05, 3.63) is 27.7 Å². The smallest absolute Gasteiger partial charge is 0.420 e. The number of halogens is 4. The summed E-state index contributed by atoms with van der Waals surface area (Å²) in [5.41, 5.74) is 3.10. The number of carbonyl (C=O) groups is 1. The second-order valence-electron chi connectivity index (χ2n) is 2.89. The molecule has 0 saturated carbocycles. The third-order valence-corrected chi connectivity index (χ3v) is 2.29. The van der Waals surface area contributed by atoms with E-state index in [1.807, 2.05) is 0 Å². The van der Waals surface area contributed by atoms with Gasteiger partial charge >= 0.3 is 6.18 Å². The van der Waals surface area contributed by atoms with Crippen LogP contribution in [0, 0.1) is 0 Å². The summed E-state index contributed by atoms with van der Waals surface area (Å²) in [7, 11) is 1.09. The number of hydrogen-bond acceptors (Lipinski definition) is 2. The minimum absolute atomic E-state index is 0.283. The van der Waals surface area contributed by atoms with Crippen molar-refractivity contribution < 1.29 is 22.7 Å². The summed E-state index contributed by atoms with van der Waals surface area (Å²) in [6.07, 6.45) is -4.70. The largest absolute Gasteiger partial charge is 0.496 e. The van der Waals surface area contributed by atoms with Gasteiger partial charge in [0.2, 0.25) is 5.91 Å². The Morgan fingerprint density at radius 3 is 2.38 bits per heavy atom. The van der Waals surface area contributed by atoms with Crippen molar-refractivity contribution in [1.29, 1.82) is 0 Å². The van der Waals surface area contributed by atoms with E-state index in [4.69, 9.17) is 5.73 Å². The van der Waals surface area contributed by atoms with Crippen molar-refractivity contribution >= 4 is 21.8 Å². The highest BCUT2D eigenvalue weighted by atomic mass is 79.9. The van der Waals surface area contributed by atoms with Crippen LogP contribution >= 0.6 is 15.9 Å². The van der Waals surface area contributed by atoms with Crippen LogP contribution in [0.2, 0.25) is 0 Å². The Hall–Kier alpha value is -1.24. The Balaban J connectivity index is 3.58. The molecule has 2 N–H and O–H groups in total. The van der Waals surface area contributed by atoms with Gasteiger partial charge in [-0.2, -0.15) is 13.2 Å². The van der Waals surface area contributed by atoms with E-state index < -0.39 is 29.0 Å². The van der Waals surface area contributed by atoms with Gasteiger partial charge in [-0.1, -0.05) is 15.9 Å². The standard InChI is InChI=1S/C9H7BrF3NO2/c1-16-6-3-4(10)2-5(8(14)15)7(6)9(11,12)13/h2-3H,1H3,(H2,14,15). The number of amides is 1. The van der Waals surface area contributed by atoms with Gasteiger partial charge in [-0.15, -0.1) is 0 Å². The fraction of sp³-hybridized carbons (Fsp3) is 0.222. The lowest BCUT2D eigenvalue weighted by molar-refractivity contribution is -0.139. The quantitative estimate of drug-likeness (QED) is 0.912. The molecule has 1 rings (SSSR count). The highest BCUT2D eigenvalue weighted by molar-refractivity contribution is 9.10. The molecule has 0 bridgehead atoms. The molecule has 0 atom stereocenters. The van der Waals surface area contributed by atoms with Crippen molar-refractivity contribution in [3.8, 4) is 5.75 Å². The molecule has 1 amide bonds. The van der Waals surface area contributed by atoms with Crippen LogP contribution in [0.25, 0.3) is 0 Å². The van der Waals surface area contributed by atoms with Gasteiger partial charge in [-0.3, -0.25) is 4.79 Å². The van der Waals surface area contributed by atoms with Crippen LogP contribution in [0.4, 0.5) is 13.2 Å². The normalized spacial score (nSPS) is 11.3. The predicted octanol–water partition coefficient (Wildman–Crippen LogP) is 2.58. The SMILES string of the molecule is COc1cc(Br)cc(C(N)=O)c1C(F)(F)F. The summed E-state index contributed by atoms with van der Waals surface area (Å²) >= 11 is 2.97. The summed E-state index contributed by atoms with van der Waals surface area (Å²) in [6, 6.07) is 2.13. The first-order chi connectivity index (χ1) is 7.27. The van der Waals surface area contributed by atoms with Gasteiger partial charge < -0.3 is 10.5 Å². The second-order valence-corrected chi connectivity index (χ2v) is 3.81. The number of carbonyl (C=O) groups excluding carboxylic acids is 1. The number of hydrogen-bond donors (Lipinski definition) is 1. The summed E-state index contributed by atoms with van der Waals surface area (Å²) in [6.45, 7) is 0. The zero-order chi connectivity index (χ0) is 12.5. The lowest BCUT2D eigenvalue weighted by atomic mass is 10.1. The van der Waals surface area contributed by atoms with Crippen molar-refractivity contribution in [3.63, 3.8) is 0 Å². The Labute approximate surface area is 97.5 Å². The molecule has 0 aliphatic rings. The molecule has 0 saturated heterocycles. The van der Waals surface area contributed by atoms with E-state index in [-0.39, 0.29) is 4.47 Å². The molecule has 16 heavy (non-hydrogen) atoms. The predicted molar refractivity (Wildman–Crippen MR) is 54.2 cm³/mol. The first-order valence-corrected chi connectivity index (χ1v) is 4.81. The van der Waals surface area contributed by atoms with E-state index in [1.54, 1.807) is 0 Å². The van der Waals surface area contributed by atoms with Gasteiger partial charge in [-0.05, 0) is 12.1 Å². The maximum Gasteiger partial charge on any atom is 0.420 e. The van der Waals surface area contributed by atoms with Crippen LogP contribution < -0.4 is 10.5 Å². The molecule has 0 aromatic heterocycles. The van der Waals surface area contributed by atoms with Crippen molar-refractivity contribution in [2.24, 2.45) is 5.73 Å². The van der Waals surface area contributed by atoms with Gasteiger partial charge in [0.25, 0.3) is 0 Å². The van der Waals surface area contributed by atoms with Gasteiger partial charge in [-0.25, -0.2) is 0 Å². The Morgan fingerprint density at radius 1 is 1.44 bits per heavy atom. The highest BCUT2D eigenvalue weighted by Gasteiger charge is 2.38. The summed E-state index contributed by atoms with van der Waals surface area (Å²) < 4.78 is 42.9. The molecule has 1 aromatic carbocycles. The summed E-state index contributed by atoms with van der Waals surface area (Å²) in [4.78, 5) is 10.9. The Kier molecular flexibility index (Phi) is 3.47. The van der Waals surface area contributed by atoms with Crippen molar-refractivity contribution in [1.82, 2.24) is 0 Å². The number of alkyl halides is 3. The number of rotatable bonds is 2. The van der Waals surface area contributed by atoms with Gasteiger partial charge in [0.05, 0.1) is 12.7 Å². The van der Waals surface area contributed by atoms with Crippen LogP contribution in [0.1, 0.15) is 15.9 Å². The molecule has 88 valence electrons. The zero-order valence-corrected chi connectivity index (χ0v) is 9.65. The van der Waals surface area contributed by atoms with Crippen LogP contribution in [0.15, 0.2) is 16.6 Å². The maximum atomic E-state index is 12.7. The molecule has 7 heteroatoms. The van der Waals surface area contributed by atoms with Gasteiger partial charge in [0.15, 0.2) is 0 Å². The number of methoxy groups -OCH3 is 1. The number of nitrogens with two attached hydrogens (primary N) is 1. The molecule has 0 fully saturated rings. The molecule has 0 spiro atoms. The Morgan fingerprint density at radius 2 is 2.00 bits per heavy atom. The molecule has 0 heterocycles. The zero-order valence-electron chi connectivity index (χ0n) is 8.06. The molecule has 3 nitrogen and oxygen atoms in total. The molecular weight excluding hydrogens is 291 g/mol. The fourth-order valence-corrected chi connectivity index (χ4v) is 1.67. The first-order valence-electron chi connectivity index (χ1n) is 4.02. The molecule has 0 aliphatic carbocycles. The van der Waals surface area contributed by atoms with E-state index in [9.17, 15) is 18.0 Å². The van der Waals surface area contributed by atoms with E-state index >= 15 is 0 Å². The molecular formula is C9H7BrF3NO2. The van der Waals surface area contributed by atoms with E-state index in [1.165, 1.54) is 0 Å². The van der Waals surface area contributed by atoms with Crippen LogP contribution in [-0.4, -0.2) is 13.0 Å². The minimum atomic E-state index is -4.70. The van der Waals surface area contributed by atoms with Crippen LogP contribution in [0.5, 0.6) is 5.75 Å². The number of benzene rings is 1. The third-order valence-electron chi connectivity index (χ3n) is 1.84. The average molecular weight is 298 g/mol. The topological polar surface area (TPSA) is 52.3 Å². The molecule has 0 radical (unpaired) electrons. The molecule has 1 aromatic rings. The fourth-order valence-electron chi connectivity index (χ4n) is 1.23. The van der Waals surface area contributed by atoms with E-state index in [0.29, 0.717) is 0 Å². The lowest BCUT2D eigenvalue weighted by Crippen LogP contribution is -2.19. The van der Waals surface area contributed by atoms with Gasteiger partial charge in [0.1, 0.15) is 11.3 Å². The Bertz CT molecular complexity index is 431. The number of ether oxygens (including phenoxy) is 1. The van der Waals surface area contributed by atoms with E-state index in [2.05, 4.69) is 20.7 Å². The summed E-state index contributed by atoms with van der Waals surface area (Å²) in [5, 5.41) is 0. The highest BCUT2D eigenvalue weighted by Crippen LogP contribution is 2.40. The second kappa shape index (κ2) is 4.32. The van der Waals surface area contributed by atoms with E-state index in [0.717, 1.165) is 19.2 Å². The lowest BCUT2D eigenvalue weighted by Gasteiger charge is -2.15. The maximum absolute atomic E-state index is 12.7. The minimum Gasteiger partial charge on any atom is -0.496 e. The van der Waals surface area contributed by atoms with Gasteiger partial charge in [0, 0.05) is 4.47 Å². The third kappa shape index (κ3) is 2.46. The van der Waals surface area contributed by atoms with Crippen LogP contribution in [0.3, 0.4) is 0 Å². The number of primary amides is 1. The molecule has 0 unspecified atom stereocenters. The average Bonchev–Trinajstić information content (AvgIpc) is 2.14. The monoisotopic (exact) mass is 297 g/mol. The van der Waals surface area contributed by atoms with Crippen LogP contribution in [-0.2, 0) is 6.18 Å².